The van der Waals surface area contributed by atoms with E-state index in [0.29, 0.717) is 23.9 Å². The summed E-state index contributed by atoms with van der Waals surface area (Å²) in [5, 5.41) is 11.2. The van der Waals surface area contributed by atoms with Crippen LogP contribution in [0.15, 0.2) is 69.3 Å². The molecular weight excluding hydrogens is 593 g/mol. The lowest BCUT2D eigenvalue weighted by Gasteiger charge is -2.27. The first-order valence-electron chi connectivity index (χ1n) is 13.7. The molecule has 222 valence electrons. The highest BCUT2D eigenvalue weighted by Crippen LogP contribution is 2.34. The maximum atomic E-state index is 12.6. The summed E-state index contributed by atoms with van der Waals surface area (Å²) in [4.78, 5) is 24.9. The molecule has 0 aliphatic carbocycles. The van der Waals surface area contributed by atoms with E-state index in [1.165, 1.54) is 11.8 Å². The van der Waals surface area contributed by atoms with Crippen LogP contribution in [0.25, 0.3) is 10.9 Å². The number of ether oxygens (including phenoxy) is 1. The lowest BCUT2D eigenvalue weighted by Crippen LogP contribution is -2.38. The Morgan fingerprint density at radius 3 is 2.69 bits per heavy atom. The number of carbonyl (C=O) groups excluding carboxylic acids is 1. The Morgan fingerprint density at radius 1 is 1.10 bits per heavy atom. The number of aromatic nitrogens is 3. The first-order chi connectivity index (χ1) is 20.3. The summed E-state index contributed by atoms with van der Waals surface area (Å²) in [5.41, 5.74) is 1.26. The second-order valence-corrected chi connectivity index (χ2v) is 15.6. The number of amides is 2. The van der Waals surface area contributed by atoms with E-state index < -0.39 is 6.03 Å². The molecule has 1 aliphatic rings. The summed E-state index contributed by atoms with van der Waals surface area (Å²) in [5.74, 6) is 3.81. The number of fused-ring (bicyclic) bond motifs is 1. The number of urea groups is 1. The van der Waals surface area contributed by atoms with Crippen molar-refractivity contribution < 1.29 is 18.3 Å². The van der Waals surface area contributed by atoms with Gasteiger partial charge in [-0.25, -0.2) is 19.0 Å². The molecule has 1 saturated heterocycles. The van der Waals surface area contributed by atoms with Crippen LogP contribution in [0.2, 0.25) is 0 Å². The number of carbonyl (C=O) groups is 1. The molecule has 10 nitrogen and oxygen atoms in total. The average molecular weight is 627 g/mol. The predicted molar refractivity (Wildman–Crippen MR) is 170 cm³/mol. The third-order valence-corrected chi connectivity index (χ3v) is 10.7. The summed E-state index contributed by atoms with van der Waals surface area (Å²) in [7, 11) is 0.764. The molecule has 0 spiro atoms. The Balaban J connectivity index is 1.18. The van der Waals surface area contributed by atoms with E-state index in [0.717, 1.165) is 74.4 Å². The number of nitrogens with zero attached hydrogens (tertiary/aromatic N) is 4. The molecule has 5 rings (SSSR count). The largest absolute Gasteiger partial charge is 0.494 e. The second kappa shape index (κ2) is 13.8. The number of benzene rings is 2. The maximum absolute atomic E-state index is 12.6. The Morgan fingerprint density at radius 2 is 1.93 bits per heavy atom. The van der Waals surface area contributed by atoms with Crippen molar-refractivity contribution in [2.24, 2.45) is 0 Å². The molecule has 42 heavy (non-hydrogen) atoms. The number of hydrogen-bond donors (Lipinski definition) is 2. The van der Waals surface area contributed by atoms with Crippen molar-refractivity contribution in [3.05, 3.63) is 60.6 Å². The fourth-order valence-corrected chi connectivity index (χ4v) is 7.39. The van der Waals surface area contributed by atoms with E-state index in [9.17, 15) is 9.00 Å². The number of anilines is 2. The first-order valence-corrected chi connectivity index (χ1v) is 17.3. The molecule has 0 bridgehead atoms. The molecule has 1 fully saturated rings. The minimum Gasteiger partial charge on any atom is -0.494 e. The molecule has 0 radical (unpaired) electrons. The van der Waals surface area contributed by atoms with Crippen LogP contribution in [0, 0.1) is 0 Å². The van der Waals surface area contributed by atoms with Gasteiger partial charge in [0.05, 0.1) is 12.1 Å². The lowest BCUT2D eigenvalue weighted by molar-refractivity contribution is 0.248. The van der Waals surface area contributed by atoms with Crippen molar-refractivity contribution >= 4 is 59.9 Å². The van der Waals surface area contributed by atoms with Crippen LogP contribution in [-0.4, -0.2) is 68.0 Å². The van der Waals surface area contributed by atoms with Gasteiger partial charge in [-0.2, -0.15) is 0 Å². The van der Waals surface area contributed by atoms with Crippen LogP contribution in [0.5, 0.6) is 5.75 Å². The monoisotopic (exact) mass is 626 g/mol. The average Bonchev–Trinajstić information content (AvgIpc) is 3.45. The zero-order valence-electron chi connectivity index (χ0n) is 23.8. The SMILES string of the molecule is CC(C)(C)c1cc(NC(=O)Nc2cccc(Sc3ncnc4ccc(OCCCN5CCS(=S=O)CC5)cc34)c2)no1. The molecule has 2 aromatic heterocycles. The number of nitrogens with one attached hydrogen (secondary N) is 2. The van der Waals surface area contributed by atoms with Gasteiger partial charge in [0.15, 0.2) is 5.82 Å². The fraction of sp³-hybridized carbons (Fsp3) is 0.379. The van der Waals surface area contributed by atoms with E-state index in [4.69, 9.17) is 9.26 Å². The Kier molecular flexibility index (Phi) is 9.93. The summed E-state index contributed by atoms with van der Waals surface area (Å²) >= 11 is 1.49. The molecule has 0 unspecified atom stereocenters. The van der Waals surface area contributed by atoms with Crippen molar-refractivity contribution in [1.29, 1.82) is 0 Å². The minimum absolute atomic E-state index is 0.00640. The maximum Gasteiger partial charge on any atom is 0.324 e. The zero-order chi connectivity index (χ0) is 29.5. The van der Waals surface area contributed by atoms with E-state index in [2.05, 4.69) is 30.7 Å². The normalized spacial score (nSPS) is 14.5. The summed E-state index contributed by atoms with van der Waals surface area (Å²) in [6.45, 7) is 9.61. The molecule has 4 aromatic rings. The smallest absolute Gasteiger partial charge is 0.324 e. The summed E-state index contributed by atoms with van der Waals surface area (Å²) < 4.78 is 22.4. The number of rotatable bonds is 9. The Hall–Kier alpha value is -3.26. The lowest BCUT2D eigenvalue weighted by atomic mass is 9.93. The molecule has 2 amide bonds. The van der Waals surface area contributed by atoms with Gasteiger partial charge < -0.3 is 19.5 Å². The van der Waals surface area contributed by atoms with E-state index >= 15 is 0 Å². The molecule has 3 heterocycles. The third kappa shape index (κ3) is 8.18. The highest BCUT2D eigenvalue weighted by atomic mass is 32.8. The van der Waals surface area contributed by atoms with Gasteiger partial charge in [-0.15, -0.1) is 0 Å². The van der Waals surface area contributed by atoms with Gasteiger partial charge in [-0.05, 0) is 42.8 Å². The van der Waals surface area contributed by atoms with Crippen LogP contribution in [-0.2, 0) is 25.1 Å². The quantitative estimate of drug-likeness (QED) is 0.182. The van der Waals surface area contributed by atoms with Crippen LogP contribution in [0.3, 0.4) is 0 Å². The molecule has 0 atom stereocenters. The van der Waals surface area contributed by atoms with Gasteiger partial charge in [0, 0.05) is 58.6 Å². The summed E-state index contributed by atoms with van der Waals surface area (Å²) in [6.07, 6.45) is 2.48. The van der Waals surface area contributed by atoms with Crippen molar-refractivity contribution in [2.75, 3.05) is 48.4 Å². The van der Waals surface area contributed by atoms with Gasteiger partial charge in [-0.1, -0.05) is 53.2 Å². The van der Waals surface area contributed by atoms with Crippen molar-refractivity contribution in [3.8, 4) is 5.75 Å². The van der Waals surface area contributed by atoms with Crippen LogP contribution >= 0.6 is 11.8 Å². The second-order valence-electron chi connectivity index (χ2n) is 10.9. The number of hydrogen-bond acceptors (Lipinski definition) is 9. The first kappa shape index (κ1) is 30.2. The van der Waals surface area contributed by atoms with Crippen molar-refractivity contribution in [3.63, 3.8) is 0 Å². The molecule has 2 aromatic carbocycles. The molecule has 1 aliphatic heterocycles. The van der Waals surface area contributed by atoms with Crippen LogP contribution in [0.4, 0.5) is 16.3 Å². The van der Waals surface area contributed by atoms with E-state index in [1.54, 1.807) is 12.4 Å². The fourth-order valence-electron chi connectivity index (χ4n) is 4.34. The molecule has 0 saturated carbocycles. The van der Waals surface area contributed by atoms with Crippen LogP contribution in [0.1, 0.15) is 33.0 Å². The highest BCUT2D eigenvalue weighted by molar-refractivity contribution is 8.31. The topological polar surface area (TPSA) is 122 Å². The van der Waals surface area contributed by atoms with Crippen molar-refractivity contribution in [2.45, 2.75) is 42.5 Å². The highest BCUT2D eigenvalue weighted by Gasteiger charge is 2.20. The Bertz CT molecular complexity index is 1610. The zero-order valence-corrected chi connectivity index (χ0v) is 26.2. The molecule has 2 N–H and O–H groups in total. The van der Waals surface area contributed by atoms with E-state index in [-0.39, 0.29) is 14.9 Å². The van der Waals surface area contributed by atoms with Gasteiger partial charge in [0.25, 0.3) is 0 Å². The van der Waals surface area contributed by atoms with Gasteiger partial charge in [0.2, 0.25) is 0 Å². The van der Waals surface area contributed by atoms with Gasteiger partial charge >= 0.3 is 6.03 Å². The minimum atomic E-state index is -0.411. The van der Waals surface area contributed by atoms with E-state index in [1.807, 2.05) is 63.2 Å². The van der Waals surface area contributed by atoms with Gasteiger partial charge in [0.1, 0.15) is 33.1 Å². The van der Waals surface area contributed by atoms with Crippen molar-refractivity contribution in [1.82, 2.24) is 20.0 Å². The predicted octanol–water partition coefficient (Wildman–Crippen LogP) is 5.54. The molecular formula is C29H34N6O4S3. The van der Waals surface area contributed by atoms with Gasteiger partial charge in [-0.3, -0.25) is 5.32 Å². The Labute approximate surface area is 254 Å². The van der Waals surface area contributed by atoms with Crippen LogP contribution < -0.4 is 15.4 Å². The molecule has 13 heteroatoms. The third-order valence-electron chi connectivity index (χ3n) is 6.62. The standard InChI is InChI=1S/C29H34N6O4S3/c1-29(2,3)25-18-26(34-39-25)33-28(36)32-20-6-4-7-22(16-20)40-27-23-17-21(8-9-24(23)30-19-31-27)38-13-5-10-35-11-14-42(41-37)15-12-35/h4,6-9,16-19H,5,10-15H2,1-3H3,(H2,32,33,34,36). The summed E-state index contributed by atoms with van der Waals surface area (Å²) in [6, 6.07) is 14.7.